The zero-order chi connectivity index (χ0) is 21.8. The molecule has 0 radical (unpaired) electrons. The summed E-state index contributed by atoms with van der Waals surface area (Å²) in [5.41, 5.74) is 1.15. The highest BCUT2D eigenvalue weighted by atomic mass is 16.5. The van der Waals surface area contributed by atoms with Crippen LogP contribution in [-0.2, 0) is 14.3 Å². The van der Waals surface area contributed by atoms with Gasteiger partial charge in [-0.15, -0.1) is 0 Å². The van der Waals surface area contributed by atoms with Crippen molar-refractivity contribution in [2.24, 2.45) is 5.92 Å². The number of hydrogen-bond acceptors (Lipinski definition) is 6. The molecule has 4 N–H and O–H groups in total. The van der Waals surface area contributed by atoms with Gasteiger partial charge >= 0.3 is 0 Å². The molecule has 160 valence electrons. The van der Waals surface area contributed by atoms with Crippen molar-refractivity contribution in [3.63, 3.8) is 0 Å². The fraction of sp³-hybridized carbons (Fsp3) is 0.375. The number of benzene rings is 2. The Kier molecular flexibility index (Phi) is 6.31. The minimum Gasteiger partial charge on any atom is -0.507 e. The molecular weight excluding hydrogens is 394 g/mol. The summed E-state index contributed by atoms with van der Waals surface area (Å²) in [5, 5.41) is 26.0. The van der Waals surface area contributed by atoms with Crippen molar-refractivity contribution in [1.82, 2.24) is 10.6 Å². The standard InChI is InChI=1S/C24H25N3O4/c25-23(19-6-8-21(29)27-24(19)30)22-18-5-3-15(14-16(18)4-7-20(22)28)2-1-13-31-17-9-11-26-12-10-17/h3-5,7,14,17,19,25-26,28H,6,8-13H2,(H,27,29,30). The number of aromatic hydroxyl groups is 1. The number of hydrogen-bond donors (Lipinski definition) is 4. The molecule has 2 saturated heterocycles. The second-order valence-electron chi connectivity index (χ2n) is 7.88. The average molecular weight is 419 g/mol. The van der Waals surface area contributed by atoms with Crippen LogP contribution in [0.25, 0.3) is 10.8 Å². The molecular formula is C24H25N3O4. The second kappa shape index (κ2) is 9.29. The normalized spacial score (nSPS) is 19.5. The maximum atomic E-state index is 12.2. The Morgan fingerprint density at radius 1 is 1.16 bits per heavy atom. The molecule has 4 rings (SSSR count). The topological polar surface area (TPSA) is 112 Å². The van der Waals surface area contributed by atoms with E-state index >= 15 is 0 Å². The van der Waals surface area contributed by atoms with Crippen molar-refractivity contribution in [2.45, 2.75) is 31.8 Å². The summed E-state index contributed by atoms with van der Waals surface area (Å²) in [6.45, 7) is 2.33. The van der Waals surface area contributed by atoms with E-state index < -0.39 is 11.8 Å². The van der Waals surface area contributed by atoms with Crippen LogP contribution in [0.5, 0.6) is 5.75 Å². The summed E-state index contributed by atoms with van der Waals surface area (Å²) in [5.74, 6) is 4.52. The summed E-state index contributed by atoms with van der Waals surface area (Å²) in [6.07, 6.45) is 2.71. The predicted octanol–water partition coefficient (Wildman–Crippen LogP) is 2.09. The highest BCUT2D eigenvalue weighted by molar-refractivity contribution is 6.21. The third kappa shape index (κ3) is 4.76. The van der Waals surface area contributed by atoms with E-state index in [1.165, 1.54) is 6.07 Å². The van der Waals surface area contributed by atoms with Crippen molar-refractivity contribution in [3.05, 3.63) is 41.5 Å². The van der Waals surface area contributed by atoms with Crippen LogP contribution in [0.3, 0.4) is 0 Å². The highest BCUT2D eigenvalue weighted by Crippen LogP contribution is 2.31. The number of phenols is 1. The number of rotatable bonds is 4. The van der Waals surface area contributed by atoms with Gasteiger partial charge in [0.05, 0.1) is 17.7 Å². The van der Waals surface area contributed by atoms with E-state index in [9.17, 15) is 14.7 Å². The lowest BCUT2D eigenvalue weighted by atomic mass is 9.86. The van der Waals surface area contributed by atoms with Gasteiger partial charge in [-0.2, -0.15) is 0 Å². The Bertz CT molecular complexity index is 1090. The van der Waals surface area contributed by atoms with E-state index in [0.29, 0.717) is 17.6 Å². The van der Waals surface area contributed by atoms with Crippen LogP contribution in [0, 0.1) is 23.2 Å². The van der Waals surface area contributed by atoms with Gasteiger partial charge in [0, 0.05) is 17.5 Å². The molecule has 7 heteroatoms. The minimum absolute atomic E-state index is 0.0160. The minimum atomic E-state index is -0.763. The fourth-order valence-electron chi connectivity index (χ4n) is 4.08. The van der Waals surface area contributed by atoms with E-state index in [1.807, 2.05) is 18.2 Å². The first kappa shape index (κ1) is 21.0. The molecule has 2 aromatic carbocycles. The molecule has 0 saturated carbocycles. The van der Waals surface area contributed by atoms with Gasteiger partial charge < -0.3 is 20.6 Å². The SMILES string of the molecule is N=C(c1c(O)ccc2cc(C#CCOC3CCNCC3)ccc12)C1CCC(=O)NC1=O. The Hall–Kier alpha value is -3.21. The van der Waals surface area contributed by atoms with Gasteiger partial charge in [-0.25, -0.2) is 0 Å². The average Bonchev–Trinajstić information content (AvgIpc) is 2.77. The van der Waals surface area contributed by atoms with E-state index in [2.05, 4.69) is 22.5 Å². The van der Waals surface area contributed by atoms with Crippen molar-refractivity contribution in [3.8, 4) is 17.6 Å². The van der Waals surface area contributed by atoms with Crippen LogP contribution >= 0.6 is 0 Å². The van der Waals surface area contributed by atoms with Crippen LogP contribution in [0.2, 0.25) is 0 Å². The van der Waals surface area contributed by atoms with Crippen molar-refractivity contribution < 1.29 is 19.4 Å². The number of fused-ring (bicyclic) bond motifs is 1. The summed E-state index contributed by atoms with van der Waals surface area (Å²) in [7, 11) is 0. The van der Waals surface area contributed by atoms with Crippen molar-refractivity contribution in [2.75, 3.05) is 19.7 Å². The van der Waals surface area contributed by atoms with Crippen LogP contribution < -0.4 is 10.6 Å². The molecule has 2 amide bonds. The Morgan fingerprint density at radius 3 is 2.74 bits per heavy atom. The molecule has 2 fully saturated rings. The third-order valence-corrected chi connectivity index (χ3v) is 5.76. The van der Waals surface area contributed by atoms with Crippen LogP contribution in [0.4, 0.5) is 0 Å². The van der Waals surface area contributed by atoms with Crippen LogP contribution in [0.15, 0.2) is 30.3 Å². The molecule has 2 aliphatic rings. The van der Waals surface area contributed by atoms with Gasteiger partial charge in [0.25, 0.3) is 0 Å². The van der Waals surface area contributed by atoms with Gasteiger partial charge in [-0.1, -0.05) is 24.0 Å². The van der Waals surface area contributed by atoms with Crippen LogP contribution in [-0.4, -0.2) is 48.4 Å². The zero-order valence-electron chi connectivity index (χ0n) is 17.2. The number of piperidine rings is 2. The molecule has 0 spiro atoms. The summed E-state index contributed by atoms with van der Waals surface area (Å²) >= 11 is 0. The number of ether oxygens (including phenoxy) is 1. The summed E-state index contributed by atoms with van der Waals surface area (Å²) in [6, 6.07) is 8.83. The smallest absolute Gasteiger partial charge is 0.235 e. The molecule has 0 aromatic heterocycles. The lowest BCUT2D eigenvalue weighted by molar-refractivity contribution is -0.134. The Balaban J connectivity index is 1.53. The lowest BCUT2D eigenvalue weighted by Gasteiger charge is -2.22. The molecule has 2 heterocycles. The number of nitrogens with one attached hydrogen (secondary N) is 3. The lowest BCUT2D eigenvalue weighted by Crippen LogP contribution is -2.43. The van der Waals surface area contributed by atoms with Crippen molar-refractivity contribution >= 4 is 28.3 Å². The highest BCUT2D eigenvalue weighted by Gasteiger charge is 2.32. The monoisotopic (exact) mass is 419 g/mol. The van der Waals surface area contributed by atoms with E-state index in [4.69, 9.17) is 10.1 Å². The number of amides is 2. The maximum absolute atomic E-state index is 12.2. The number of carbonyl (C=O) groups excluding carboxylic acids is 2. The number of imide groups is 1. The Labute approximate surface area is 180 Å². The number of phenolic OH excluding ortho intramolecular Hbond substituents is 1. The fourth-order valence-corrected chi connectivity index (χ4v) is 4.08. The van der Waals surface area contributed by atoms with E-state index in [1.54, 1.807) is 6.07 Å². The molecule has 31 heavy (non-hydrogen) atoms. The van der Waals surface area contributed by atoms with Gasteiger partial charge in [-0.3, -0.25) is 14.9 Å². The summed E-state index contributed by atoms with van der Waals surface area (Å²) in [4.78, 5) is 23.6. The number of carbonyl (C=O) groups is 2. The van der Waals surface area contributed by atoms with E-state index in [0.717, 1.165) is 36.9 Å². The maximum Gasteiger partial charge on any atom is 0.235 e. The van der Waals surface area contributed by atoms with E-state index in [-0.39, 0.29) is 36.3 Å². The first-order valence-corrected chi connectivity index (χ1v) is 10.5. The predicted molar refractivity (Wildman–Crippen MR) is 117 cm³/mol. The van der Waals surface area contributed by atoms with Gasteiger partial charge in [0.2, 0.25) is 11.8 Å². The molecule has 0 bridgehead atoms. The molecule has 7 nitrogen and oxygen atoms in total. The van der Waals surface area contributed by atoms with Gasteiger partial charge in [0.1, 0.15) is 12.4 Å². The van der Waals surface area contributed by atoms with Gasteiger partial charge in [-0.05, 0) is 61.3 Å². The zero-order valence-corrected chi connectivity index (χ0v) is 17.2. The Morgan fingerprint density at radius 2 is 1.97 bits per heavy atom. The molecule has 2 aromatic rings. The first-order chi connectivity index (χ1) is 15.0. The summed E-state index contributed by atoms with van der Waals surface area (Å²) < 4.78 is 5.81. The third-order valence-electron chi connectivity index (χ3n) is 5.76. The second-order valence-corrected chi connectivity index (χ2v) is 7.88. The van der Waals surface area contributed by atoms with Crippen LogP contribution in [0.1, 0.15) is 36.8 Å². The largest absolute Gasteiger partial charge is 0.507 e. The quantitative estimate of drug-likeness (QED) is 0.345. The molecule has 1 unspecified atom stereocenters. The van der Waals surface area contributed by atoms with Gasteiger partial charge in [0.15, 0.2) is 0 Å². The van der Waals surface area contributed by atoms with Crippen molar-refractivity contribution in [1.29, 1.82) is 5.41 Å². The first-order valence-electron chi connectivity index (χ1n) is 10.5. The molecule has 0 aliphatic carbocycles. The molecule has 2 aliphatic heterocycles. The molecule has 1 atom stereocenters.